The topological polar surface area (TPSA) is 34.1 Å². The number of carbonyl (C=O) groups is 2. The van der Waals surface area contributed by atoms with E-state index in [0.29, 0.717) is 12.0 Å². The highest BCUT2D eigenvalue weighted by molar-refractivity contribution is 6.17. The van der Waals surface area contributed by atoms with Gasteiger partial charge in [0.2, 0.25) is 0 Å². The van der Waals surface area contributed by atoms with Crippen molar-refractivity contribution in [1.29, 1.82) is 0 Å². The number of carbonyl (C=O) groups excluding carboxylic acids is 2. The molecule has 0 bridgehead atoms. The highest BCUT2D eigenvalue weighted by Gasteiger charge is 2.13. The fraction of sp³-hybridized carbons (Fsp3) is 0.0526. The minimum absolute atomic E-state index is 0.0817. The minimum atomic E-state index is -0.120. The average molecular weight is 274 g/mol. The van der Waals surface area contributed by atoms with Crippen LogP contribution in [0.2, 0.25) is 0 Å². The van der Waals surface area contributed by atoms with Crippen molar-refractivity contribution < 1.29 is 9.59 Å². The monoisotopic (exact) mass is 274 g/mol. The maximum Gasteiger partial charge on any atom is 0.182 e. The Kier molecular flexibility index (Phi) is 3.61. The van der Waals surface area contributed by atoms with Gasteiger partial charge in [0.05, 0.1) is 0 Å². The Balaban J connectivity index is 1.79. The van der Waals surface area contributed by atoms with Crippen molar-refractivity contribution in [1.82, 2.24) is 0 Å². The molecule has 0 fully saturated rings. The number of allylic oxidation sites excluding steroid dienone is 4. The molecule has 2 nitrogen and oxygen atoms in total. The van der Waals surface area contributed by atoms with E-state index < -0.39 is 0 Å². The first-order valence-electron chi connectivity index (χ1n) is 6.84. The summed E-state index contributed by atoms with van der Waals surface area (Å²) < 4.78 is 0. The molecule has 0 N–H and O–H groups in total. The Labute approximate surface area is 123 Å². The van der Waals surface area contributed by atoms with E-state index in [2.05, 4.69) is 12.1 Å². The fourth-order valence-electron chi connectivity index (χ4n) is 2.36. The van der Waals surface area contributed by atoms with Crippen LogP contribution in [0.3, 0.4) is 0 Å². The lowest BCUT2D eigenvalue weighted by Crippen LogP contribution is -2.09. The first-order valence-corrected chi connectivity index (χ1v) is 6.84. The van der Waals surface area contributed by atoms with Gasteiger partial charge in [0.1, 0.15) is 0 Å². The molecule has 0 spiro atoms. The Morgan fingerprint density at radius 2 is 1.38 bits per heavy atom. The number of hydrogen-bond acceptors (Lipinski definition) is 2. The molecule has 2 aromatic rings. The van der Waals surface area contributed by atoms with Gasteiger partial charge < -0.3 is 0 Å². The number of ketones is 2. The predicted octanol–water partition coefficient (Wildman–Crippen LogP) is 3.53. The van der Waals surface area contributed by atoms with Crippen molar-refractivity contribution in [2.75, 3.05) is 0 Å². The summed E-state index contributed by atoms with van der Waals surface area (Å²) in [6.45, 7) is 0. The summed E-state index contributed by atoms with van der Waals surface area (Å²) in [4.78, 5) is 23.1. The maximum absolute atomic E-state index is 11.7. The summed E-state index contributed by atoms with van der Waals surface area (Å²) in [5.74, 6) is -0.202. The standard InChI is InChI=1S/C19H14O2/c20-18-10-11-19(21)17(13-18)12-14-6-8-16(9-7-14)15-4-2-1-3-5-15/h1-11,13H,12H2. The average Bonchev–Trinajstić information content (AvgIpc) is 2.53. The van der Waals surface area contributed by atoms with Crippen LogP contribution in [0.1, 0.15) is 5.56 Å². The molecule has 0 amide bonds. The van der Waals surface area contributed by atoms with Crippen LogP contribution >= 0.6 is 0 Å². The molecule has 0 aliphatic heterocycles. The normalized spacial score (nSPS) is 14.2. The predicted molar refractivity (Wildman–Crippen MR) is 82.8 cm³/mol. The largest absolute Gasteiger partial charge is 0.290 e. The Bertz CT molecular complexity index is 735. The van der Waals surface area contributed by atoms with Gasteiger partial charge in [0.15, 0.2) is 11.6 Å². The van der Waals surface area contributed by atoms with Gasteiger partial charge in [0, 0.05) is 12.0 Å². The van der Waals surface area contributed by atoms with E-state index in [1.165, 1.54) is 18.2 Å². The van der Waals surface area contributed by atoms with Crippen LogP contribution in [-0.2, 0) is 16.0 Å². The molecule has 2 heteroatoms. The molecule has 102 valence electrons. The second-order valence-electron chi connectivity index (χ2n) is 5.01. The van der Waals surface area contributed by atoms with E-state index in [0.717, 1.165) is 16.7 Å². The van der Waals surface area contributed by atoms with Gasteiger partial charge in [0.25, 0.3) is 0 Å². The molecule has 0 saturated heterocycles. The third kappa shape index (κ3) is 3.06. The van der Waals surface area contributed by atoms with Crippen LogP contribution in [0.25, 0.3) is 11.1 Å². The first kappa shape index (κ1) is 13.3. The highest BCUT2D eigenvalue weighted by Crippen LogP contribution is 2.21. The van der Waals surface area contributed by atoms with Crippen molar-refractivity contribution in [3.63, 3.8) is 0 Å². The second kappa shape index (κ2) is 5.71. The van der Waals surface area contributed by atoms with Crippen molar-refractivity contribution >= 4 is 11.6 Å². The molecule has 0 radical (unpaired) electrons. The third-order valence-electron chi connectivity index (χ3n) is 3.49. The summed E-state index contributed by atoms with van der Waals surface area (Å²) in [6.07, 6.45) is 4.57. The lowest BCUT2D eigenvalue weighted by molar-refractivity contribution is -0.114. The van der Waals surface area contributed by atoms with E-state index in [1.54, 1.807) is 0 Å². The number of benzene rings is 2. The van der Waals surface area contributed by atoms with E-state index in [9.17, 15) is 9.59 Å². The number of rotatable bonds is 3. The molecular weight excluding hydrogens is 260 g/mol. The van der Waals surface area contributed by atoms with Crippen LogP contribution in [-0.4, -0.2) is 11.6 Å². The number of hydrogen-bond donors (Lipinski definition) is 0. The van der Waals surface area contributed by atoms with Gasteiger partial charge >= 0.3 is 0 Å². The van der Waals surface area contributed by atoms with E-state index in [4.69, 9.17) is 0 Å². The van der Waals surface area contributed by atoms with Gasteiger partial charge in [-0.25, -0.2) is 0 Å². The zero-order valence-corrected chi connectivity index (χ0v) is 11.5. The minimum Gasteiger partial charge on any atom is -0.290 e. The molecule has 0 aromatic heterocycles. The molecule has 0 heterocycles. The van der Waals surface area contributed by atoms with E-state index >= 15 is 0 Å². The molecular formula is C19H14O2. The lowest BCUT2D eigenvalue weighted by Gasteiger charge is -2.08. The summed E-state index contributed by atoms with van der Waals surface area (Å²) in [5.41, 5.74) is 3.88. The maximum atomic E-state index is 11.7. The molecule has 1 aliphatic rings. The van der Waals surface area contributed by atoms with Crippen molar-refractivity contribution in [2.24, 2.45) is 0 Å². The summed E-state index contributed by atoms with van der Waals surface area (Å²) in [5, 5.41) is 0. The summed E-state index contributed by atoms with van der Waals surface area (Å²) >= 11 is 0. The summed E-state index contributed by atoms with van der Waals surface area (Å²) in [6, 6.07) is 18.2. The lowest BCUT2D eigenvalue weighted by atomic mass is 9.95. The van der Waals surface area contributed by atoms with Crippen molar-refractivity contribution in [2.45, 2.75) is 6.42 Å². The van der Waals surface area contributed by atoms with Crippen molar-refractivity contribution in [3.05, 3.63) is 84.0 Å². The first-order chi connectivity index (χ1) is 10.2. The molecule has 0 unspecified atom stereocenters. The van der Waals surface area contributed by atoms with Gasteiger partial charge in [-0.15, -0.1) is 0 Å². The van der Waals surface area contributed by atoms with E-state index in [-0.39, 0.29) is 11.6 Å². The van der Waals surface area contributed by atoms with Gasteiger partial charge in [-0.2, -0.15) is 0 Å². The third-order valence-corrected chi connectivity index (χ3v) is 3.49. The SMILES string of the molecule is O=C1C=CC(=O)C(Cc2ccc(-c3ccccc3)cc2)=C1. The quantitative estimate of drug-likeness (QED) is 0.802. The zero-order valence-electron chi connectivity index (χ0n) is 11.5. The smallest absolute Gasteiger partial charge is 0.182 e. The fourth-order valence-corrected chi connectivity index (χ4v) is 2.36. The van der Waals surface area contributed by atoms with Crippen LogP contribution < -0.4 is 0 Å². The van der Waals surface area contributed by atoms with Gasteiger partial charge in [-0.3, -0.25) is 9.59 Å². The molecule has 0 saturated carbocycles. The van der Waals surface area contributed by atoms with Crippen molar-refractivity contribution in [3.8, 4) is 11.1 Å². The Hall–Kier alpha value is -2.74. The van der Waals surface area contributed by atoms with E-state index in [1.807, 2.05) is 42.5 Å². The Morgan fingerprint density at radius 1 is 0.714 bits per heavy atom. The molecule has 2 aromatic carbocycles. The molecule has 21 heavy (non-hydrogen) atoms. The molecule has 0 atom stereocenters. The summed E-state index contributed by atoms with van der Waals surface area (Å²) in [7, 11) is 0. The van der Waals surface area contributed by atoms with Crippen LogP contribution in [0.5, 0.6) is 0 Å². The highest BCUT2D eigenvalue weighted by atomic mass is 16.1. The second-order valence-corrected chi connectivity index (χ2v) is 5.01. The zero-order chi connectivity index (χ0) is 14.7. The van der Waals surface area contributed by atoms with Crippen LogP contribution in [0.4, 0.5) is 0 Å². The van der Waals surface area contributed by atoms with Crippen LogP contribution in [0, 0.1) is 0 Å². The Morgan fingerprint density at radius 3 is 2.10 bits per heavy atom. The molecule has 3 rings (SSSR count). The van der Waals surface area contributed by atoms with Gasteiger partial charge in [-0.1, -0.05) is 54.6 Å². The molecule has 1 aliphatic carbocycles. The van der Waals surface area contributed by atoms with Gasteiger partial charge in [-0.05, 0) is 34.9 Å². The van der Waals surface area contributed by atoms with Crippen LogP contribution in [0.15, 0.2) is 78.4 Å².